The average molecular weight is 278 g/mol. The van der Waals surface area contributed by atoms with Gasteiger partial charge in [0.15, 0.2) is 0 Å². The molecule has 0 heterocycles. The highest BCUT2D eigenvalue weighted by Crippen LogP contribution is 2.20. The number of halogens is 2. The van der Waals surface area contributed by atoms with Crippen molar-refractivity contribution in [3.05, 3.63) is 33.3 Å². The van der Waals surface area contributed by atoms with E-state index in [0.717, 1.165) is 10.0 Å². The number of benzene rings is 1. The van der Waals surface area contributed by atoms with Crippen LogP contribution in [0.1, 0.15) is 5.56 Å². The van der Waals surface area contributed by atoms with Gasteiger partial charge in [-0.1, -0.05) is 33.6 Å². The van der Waals surface area contributed by atoms with Crippen molar-refractivity contribution < 1.29 is 4.79 Å². The third kappa shape index (κ3) is 3.65. The zero-order chi connectivity index (χ0) is 10.6. The van der Waals surface area contributed by atoms with Crippen molar-refractivity contribution in [2.45, 2.75) is 6.54 Å². The predicted molar refractivity (Wildman–Crippen MR) is 60.1 cm³/mol. The van der Waals surface area contributed by atoms with E-state index in [-0.39, 0.29) is 12.5 Å². The summed E-state index contributed by atoms with van der Waals surface area (Å²) in [4.78, 5) is 10.4. The maximum atomic E-state index is 10.4. The van der Waals surface area contributed by atoms with Crippen molar-refractivity contribution >= 4 is 33.4 Å². The van der Waals surface area contributed by atoms with Crippen molar-refractivity contribution in [1.29, 1.82) is 0 Å². The van der Waals surface area contributed by atoms with Crippen molar-refractivity contribution in [2.75, 3.05) is 6.54 Å². The first kappa shape index (κ1) is 11.5. The van der Waals surface area contributed by atoms with Gasteiger partial charge in [0.25, 0.3) is 0 Å². The second kappa shape index (κ2) is 5.34. The Bertz CT molecular complexity index is 344. The van der Waals surface area contributed by atoms with Crippen LogP contribution in [0.3, 0.4) is 0 Å². The van der Waals surface area contributed by atoms with Gasteiger partial charge in [0.05, 0.1) is 6.54 Å². The lowest BCUT2D eigenvalue weighted by atomic mass is 10.2. The molecule has 5 heteroatoms. The van der Waals surface area contributed by atoms with Crippen LogP contribution >= 0.6 is 27.5 Å². The van der Waals surface area contributed by atoms with Gasteiger partial charge in [-0.05, 0) is 17.7 Å². The third-order valence-electron chi connectivity index (χ3n) is 1.63. The van der Waals surface area contributed by atoms with Crippen molar-refractivity contribution in [1.82, 2.24) is 5.32 Å². The lowest BCUT2D eigenvalue weighted by Gasteiger charge is -2.05. The second-order valence-corrected chi connectivity index (χ2v) is 4.13. The SMILES string of the molecule is NC(=O)CNCc1ccc(Br)cc1Cl. The molecule has 1 amide bonds. The molecule has 0 aromatic heterocycles. The molecule has 0 unspecified atom stereocenters. The Morgan fingerprint density at radius 1 is 1.57 bits per heavy atom. The van der Waals surface area contributed by atoms with Crippen LogP contribution in [0.5, 0.6) is 0 Å². The number of nitrogens with one attached hydrogen (secondary N) is 1. The van der Waals surface area contributed by atoms with Gasteiger partial charge in [0, 0.05) is 16.0 Å². The van der Waals surface area contributed by atoms with E-state index in [1.54, 1.807) is 0 Å². The van der Waals surface area contributed by atoms with Crippen LogP contribution in [0, 0.1) is 0 Å². The first-order valence-corrected chi connectivity index (χ1v) is 5.19. The summed E-state index contributed by atoms with van der Waals surface area (Å²) in [5.41, 5.74) is 5.92. The normalized spacial score (nSPS) is 10.1. The fraction of sp³-hybridized carbons (Fsp3) is 0.222. The number of hydrogen-bond acceptors (Lipinski definition) is 2. The molecule has 14 heavy (non-hydrogen) atoms. The standard InChI is InChI=1S/C9H10BrClN2O/c10-7-2-1-6(8(11)3-7)4-13-5-9(12)14/h1-3,13H,4-5H2,(H2,12,14). The van der Waals surface area contributed by atoms with Gasteiger partial charge in [-0.3, -0.25) is 4.79 Å². The molecule has 0 aliphatic heterocycles. The molecule has 0 aliphatic carbocycles. The summed E-state index contributed by atoms with van der Waals surface area (Å²) in [6.45, 7) is 0.696. The van der Waals surface area contributed by atoms with Gasteiger partial charge < -0.3 is 11.1 Å². The molecule has 1 aromatic rings. The zero-order valence-electron chi connectivity index (χ0n) is 7.39. The molecular weight excluding hydrogens is 267 g/mol. The molecule has 3 N–H and O–H groups in total. The van der Waals surface area contributed by atoms with Crippen LogP contribution in [0.15, 0.2) is 22.7 Å². The van der Waals surface area contributed by atoms with Gasteiger partial charge in [-0.25, -0.2) is 0 Å². The van der Waals surface area contributed by atoms with E-state index in [1.807, 2.05) is 18.2 Å². The van der Waals surface area contributed by atoms with Gasteiger partial charge in [-0.2, -0.15) is 0 Å². The van der Waals surface area contributed by atoms with Gasteiger partial charge in [0.2, 0.25) is 5.91 Å². The van der Waals surface area contributed by atoms with Crippen molar-refractivity contribution in [3.8, 4) is 0 Å². The quantitative estimate of drug-likeness (QED) is 0.880. The molecule has 76 valence electrons. The Morgan fingerprint density at radius 2 is 2.29 bits per heavy atom. The van der Waals surface area contributed by atoms with E-state index in [2.05, 4.69) is 21.2 Å². The van der Waals surface area contributed by atoms with E-state index in [0.29, 0.717) is 11.6 Å². The molecule has 0 saturated heterocycles. The summed E-state index contributed by atoms with van der Waals surface area (Å²) in [6, 6.07) is 5.59. The van der Waals surface area contributed by atoms with E-state index in [9.17, 15) is 4.79 Å². The van der Waals surface area contributed by atoms with Crippen LogP contribution in [0.2, 0.25) is 5.02 Å². The first-order chi connectivity index (χ1) is 6.59. The highest BCUT2D eigenvalue weighted by molar-refractivity contribution is 9.10. The molecule has 1 aromatic carbocycles. The first-order valence-electron chi connectivity index (χ1n) is 4.02. The Kier molecular flexibility index (Phi) is 4.38. The Balaban J connectivity index is 2.55. The lowest BCUT2D eigenvalue weighted by molar-refractivity contribution is -0.117. The summed E-state index contributed by atoms with van der Waals surface area (Å²) < 4.78 is 0.932. The summed E-state index contributed by atoms with van der Waals surface area (Å²) in [7, 11) is 0. The van der Waals surface area contributed by atoms with E-state index in [1.165, 1.54) is 0 Å². The number of nitrogens with two attached hydrogens (primary N) is 1. The molecule has 1 rings (SSSR count). The Labute approximate surface area is 95.7 Å². The number of amides is 1. The molecule has 0 spiro atoms. The van der Waals surface area contributed by atoms with E-state index < -0.39 is 0 Å². The minimum Gasteiger partial charge on any atom is -0.369 e. The van der Waals surface area contributed by atoms with Gasteiger partial charge in [-0.15, -0.1) is 0 Å². The number of carbonyl (C=O) groups excluding carboxylic acids is 1. The monoisotopic (exact) mass is 276 g/mol. The summed E-state index contributed by atoms with van der Waals surface area (Å²) >= 11 is 9.27. The third-order valence-corrected chi connectivity index (χ3v) is 2.47. The number of primary amides is 1. The summed E-state index contributed by atoms with van der Waals surface area (Å²) in [6.07, 6.45) is 0. The summed E-state index contributed by atoms with van der Waals surface area (Å²) in [5.74, 6) is -0.377. The van der Waals surface area contributed by atoms with Gasteiger partial charge >= 0.3 is 0 Å². The number of rotatable bonds is 4. The number of carbonyl (C=O) groups is 1. The molecule has 0 fully saturated rings. The molecular formula is C9H10BrClN2O. The maximum absolute atomic E-state index is 10.4. The highest BCUT2D eigenvalue weighted by Gasteiger charge is 2.01. The van der Waals surface area contributed by atoms with Crippen LogP contribution in [-0.2, 0) is 11.3 Å². The Morgan fingerprint density at radius 3 is 2.86 bits per heavy atom. The van der Waals surface area contributed by atoms with Crippen LogP contribution in [0.4, 0.5) is 0 Å². The smallest absolute Gasteiger partial charge is 0.231 e. The average Bonchev–Trinajstić information content (AvgIpc) is 2.08. The minimum atomic E-state index is -0.377. The van der Waals surface area contributed by atoms with Crippen LogP contribution in [0.25, 0.3) is 0 Å². The number of hydrogen-bond donors (Lipinski definition) is 2. The fourth-order valence-corrected chi connectivity index (χ4v) is 1.73. The zero-order valence-corrected chi connectivity index (χ0v) is 9.73. The maximum Gasteiger partial charge on any atom is 0.231 e. The molecule has 0 radical (unpaired) electrons. The molecule has 0 saturated carbocycles. The fourth-order valence-electron chi connectivity index (χ4n) is 0.985. The second-order valence-electron chi connectivity index (χ2n) is 2.81. The molecule has 3 nitrogen and oxygen atoms in total. The predicted octanol–water partition coefficient (Wildman–Crippen LogP) is 1.68. The van der Waals surface area contributed by atoms with Crippen molar-refractivity contribution in [2.24, 2.45) is 5.73 Å². The molecule has 0 atom stereocenters. The minimum absolute atomic E-state index is 0.159. The van der Waals surface area contributed by atoms with Crippen LogP contribution in [-0.4, -0.2) is 12.5 Å². The van der Waals surface area contributed by atoms with E-state index in [4.69, 9.17) is 17.3 Å². The van der Waals surface area contributed by atoms with Crippen LogP contribution < -0.4 is 11.1 Å². The molecule has 0 aliphatic rings. The van der Waals surface area contributed by atoms with Crippen molar-refractivity contribution in [3.63, 3.8) is 0 Å². The summed E-state index contributed by atoms with van der Waals surface area (Å²) in [5, 5.41) is 3.55. The topological polar surface area (TPSA) is 55.1 Å². The van der Waals surface area contributed by atoms with E-state index >= 15 is 0 Å². The highest BCUT2D eigenvalue weighted by atomic mass is 79.9. The molecule has 0 bridgehead atoms. The Hall–Kier alpha value is -0.580. The largest absolute Gasteiger partial charge is 0.369 e. The van der Waals surface area contributed by atoms with Gasteiger partial charge in [0.1, 0.15) is 0 Å². The lowest BCUT2D eigenvalue weighted by Crippen LogP contribution is -2.28.